The van der Waals surface area contributed by atoms with E-state index in [1.54, 1.807) is 7.11 Å². The Morgan fingerprint density at radius 3 is 2.73 bits per heavy atom. The topological polar surface area (TPSA) is 50.7 Å². The number of rotatable bonds is 10. The van der Waals surface area contributed by atoms with Crippen LogP contribution in [0, 0.1) is 0 Å². The van der Waals surface area contributed by atoms with Gasteiger partial charge in [0, 0.05) is 39.0 Å². The van der Waals surface area contributed by atoms with Gasteiger partial charge in [-0.25, -0.2) is 0 Å². The molecule has 0 aliphatic heterocycles. The van der Waals surface area contributed by atoms with E-state index in [1.165, 1.54) is 12.8 Å². The Hall–Kier alpha value is -0.160. The molecule has 0 radical (unpaired) electrons. The van der Waals surface area contributed by atoms with Crippen molar-refractivity contribution < 1.29 is 14.6 Å². The highest BCUT2D eigenvalue weighted by Crippen LogP contribution is 2.19. The van der Waals surface area contributed by atoms with Gasteiger partial charge in [-0.3, -0.25) is 0 Å². The van der Waals surface area contributed by atoms with Gasteiger partial charge in [-0.05, 0) is 25.7 Å². The second-order valence-electron chi connectivity index (χ2n) is 4.07. The second-order valence-corrected chi connectivity index (χ2v) is 4.07. The number of nitrogens with one attached hydrogen (secondary N) is 1. The fourth-order valence-electron chi connectivity index (χ4n) is 1.44. The Balaban J connectivity index is 1.87. The number of ether oxygens (including phenoxy) is 2. The molecule has 0 saturated heterocycles. The quantitative estimate of drug-likeness (QED) is 0.524. The summed E-state index contributed by atoms with van der Waals surface area (Å²) < 4.78 is 10.4. The van der Waals surface area contributed by atoms with Crippen molar-refractivity contribution >= 4 is 0 Å². The molecule has 1 unspecified atom stereocenters. The Labute approximate surface area is 92.0 Å². The van der Waals surface area contributed by atoms with Crippen molar-refractivity contribution in [2.75, 3.05) is 33.5 Å². The van der Waals surface area contributed by atoms with Crippen LogP contribution in [0.3, 0.4) is 0 Å². The second kappa shape index (κ2) is 8.05. The maximum atomic E-state index is 9.11. The van der Waals surface area contributed by atoms with Gasteiger partial charge in [-0.15, -0.1) is 0 Å². The third kappa shape index (κ3) is 6.84. The molecule has 0 aromatic rings. The number of aliphatic hydroxyl groups is 1. The van der Waals surface area contributed by atoms with E-state index in [4.69, 9.17) is 14.6 Å². The van der Waals surface area contributed by atoms with Gasteiger partial charge in [0.25, 0.3) is 0 Å². The zero-order chi connectivity index (χ0) is 10.9. The summed E-state index contributed by atoms with van der Waals surface area (Å²) in [6, 6.07) is 0.857. The van der Waals surface area contributed by atoms with Crippen LogP contribution in [0.25, 0.3) is 0 Å². The molecule has 15 heavy (non-hydrogen) atoms. The Morgan fingerprint density at radius 2 is 2.13 bits per heavy atom. The summed E-state index contributed by atoms with van der Waals surface area (Å²) in [6.45, 7) is 2.42. The molecule has 1 aliphatic rings. The molecular weight excluding hydrogens is 194 g/mol. The Kier molecular flexibility index (Phi) is 6.92. The van der Waals surface area contributed by atoms with Crippen LogP contribution >= 0.6 is 0 Å². The zero-order valence-electron chi connectivity index (χ0n) is 9.58. The Morgan fingerprint density at radius 1 is 1.33 bits per heavy atom. The lowest BCUT2D eigenvalue weighted by atomic mass is 10.2. The standard InChI is InChI=1S/C11H23NO3/c1-14-6-2-7-15-8-5-11(9-13)12-10-3-4-10/h10-13H,2-9H2,1H3. The van der Waals surface area contributed by atoms with Gasteiger partial charge in [0.05, 0.1) is 6.61 Å². The highest BCUT2D eigenvalue weighted by atomic mass is 16.5. The first-order valence-corrected chi connectivity index (χ1v) is 5.80. The molecule has 0 aromatic carbocycles. The number of hydrogen-bond acceptors (Lipinski definition) is 4. The van der Waals surface area contributed by atoms with Crippen LogP contribution in [0.5, 0.6) is 0 Å². The van der Waals surface area contributed by atoms with Crippen molar-refractivity contribution in [3.63, 3.8) is 0 Å². The van der Waals surface area contributed by atoms with E-state index in [9.17, 15) is 0 Å². The average molecular weight is 217 g/mol. The van der Waals surface area contributed by atoms with Crippen LogP contribution in [0.2, 0.25) is 0 Å². The van der Waals surface area contributed by atoms with E-state index in [0.29, 0.717) is 12.6 Å². The zero-order valence-corrected chi connectivity index (χ0v) is 9.58. The minimum Gasteiger partial charge on any atom is -0.395 e. The van der Waals surface area contributed by atoms with Crippen LogP contribution in [0.4, 0.5) is 0 Å². The molecule has 1 saturated carbocycles. The van der Waals surface area contributed by atoms with Gasteiger partial charge >= 0.3 is 0 Å². The first-order chi connectivity index (χ1) is 7.36. The minimum absolute atomic E-state index is 0.206. The van der Waals surface area contributed by atoms with Crippen molar-refractivity contribution in [1.29, 1.82) is 0 Å². The maximum absolute atomic E-state index is 9.11. The normalized spacial score (nSPS) is 18.0. The van der Waals surface area contributed by atoms with Crippen LogP contribution in [0.1, 0.15) is 25.7 Å². The average Bonchev–Trinajstić information content (AvgIpc) is 3.05. The van der Waals surface area contributed by atoms with Gasteiger partial charge in [-0.1, -0.05) is 0 Å². The van der Waals surface area contributed by atoms with Crippen molar-refractivity contribution in [2.45, 2.75) is 37.8 Å². The lowest BCUT2D eigenvalue weighted by Gasteiger charge is -2.15. The molecule has 0 bridgehead atoms. The first kappa shape index (κ1) is 12.9. The summed E-state index contributed by atoms with van der Waals surface area (Å²) >= 11 is 0. The minimum atomic E-state index is 0.206. The number of hydrogen-bond donors (Lipinski definition) is 2. The largest absolute Gasteiger partial charge is 0.395 e. The summed E-state index contributed by atoms with van der Waals surface area (Å²) in [6.07, 6.45) is 4.34. The first-order valence-electron chi connectivity index (χ1n) is 5.80. The molecule has 0 amide bonds. The Bertz CT molecular complexity index is 151. The molecule has 1 rings (SSSR count). The van der Waals surface area contributed by atoms with Crippen LogP contribution in [-0.2, 0) is 9.47 Å². The molecule has 1 fully saturated rings. The van der Waals surface area contributed by atoms with Crippen LogP contribution in [-0.4, -0.2) is 50.7 Å². The van der Waals surface area contributed by atoms with E-state index in [-0.39, 0.29) is 12.6 Å². The maximum Gasteiger partial charge on any atom is 0.0585 e. The molecule has 90 valence electrons. The molecule has 0 aromatic heterocycles. The van der Waals surface area contributed by atoms with Crippen LogP contribution in [0.15, 0.2) is 0 Å². The van der Waals surface area contributed by atoms with Crippen molar-refractivity contribution in [3.05, 3.63) is 0 Å². The van der Waals surface area contributed by atoms with E-state index in [1.807, 2.05) is 0 Å². The fraction of sp³-hybridized carbons (Fsp3) is 1.00. The lowest BCUT2D eigenvalue weighted by Crippen LogP contribution is -2.35. The predicted molar refractivity (Wildman–Crippen MR) is 59.0 cm³/mol. The summed E-state index contributed by atoms with van der Waals surface area (Å²) in [5, 5.41) is 12.5. The number of aliphatic hydroxyl groups excluding tert-OH is 1. The van der Waals surface area contributed by atoms with Crippen molar-refractivity contribution in [1.82, 2.24) is 5.32 Å². The molecule has 4 nitrogen and oxygen atoms in total. The van der Waals surface area contributed by atoms with Gasteiger partial charge in [0.1, 0.15) is 0 Å². The fourth-order valence-corrected chi connectivity index (χ4v) is 1.44. The van der Waals surface area contributed by atoms with E-state index >= 15 is 0 Å². The summed E-state index contributed by atoms with van der Waals surface area (Å²) in [7, 11) is 1.70. The summed E-state index contributed by atoms with van der Waals surface area (Å²) in [5.74, 6) is 0. The smallest absolute Gasteiger partial charge is 0.0585 e. The molecule has 1 atom stereocenters. The van der Waals surface area contributed by atoms with Gasteiger partial charge in [0.2, 0.25) is 0 Å². The van der Waals surface area contributed by atoms with E-state index in [0.717, 1.165) is 26.1 Å². The molecule has 2 N–H and O–H groups in total. The predicted octanol–water partition coefficient (Wildman–Crippen LogP) is 0.542. The summed E-state index contributed by atoms with van der Waals surface area (Å²) in [5.41, 5.74) is 0. The van der Waals surface area contributed by atoms with Gasteiger partial charge in [-0.2, -0.15) is 0 Å². The molecule has 4 heteroatoms. The third-order valence-electron chi connectivity index (χ3n) is 2.52. The SMILES string of the molecule is COCCCOCCC(CO)NC1CC1. The van der Waals surface area contributed by atoms with Gasteiger partial charge in [0.15, 0.2) is 0 Å². The molecule has 0 heterocycles. The monoisotopic (exact) mass is 217 g/mol. The highest BCUT2D eigenvalue weighted by Gasteiger charge is 2.23. The highest BCUT2D eigenvalue weighted by molar-refractivity contribution is 4.84. The van der Waals surface area contributed by atoms with E-state index in [2.05, 4.69) is 5.32 Å². The summed E-state index contributed by atoms with van der Waals surface area (Å²) in [4.78, 5) is 0. The van der Waals surface area contributed by atoms with Crippen molar-refractivity contribution in [3.8, 4) is 0 Å². The molecular formula is C11H23NO3. The van der Waals surface area contributed by atoms with Gasteiger partial charge < -0.3 is 19.9 Å². The lowest BCUT2D eigenvalue weighted by molar-refractivity contribution is 0.0906. The number of methoxy groups -OCH3 is 1. The molecule has 1 aliphatic carbocycles. The van der Waals surface area contributed by atoms with E-state index < -0.39 is 0 Å². The third-order valence-corrected chi connectivity index (χ3v) is 2.52. The van der Waals surface area contributed by atoms with Crippen LogP contribution < -0.4 is 5.32 Å². The molecule has 0 spiro atoms. The van der Waals surface area contributed by atoms with Crippen molar-refractivity contribution in [2.24, 2.45) is 0 Å².